The highest BCUT2D eigenvalue weighted by Gasteiger charge is 2.05. The third kappa shape index (κ3) is 5.20. The van der Waals surface area contributed by atoms with Crippen molar-refractivity contribution in [3.05, 3.63) is 60.7 Å². The molecule has 0 heterocycles. The number of rotatable bonds is 3. The highest BCUT2D eigenvalue weighted by Crippen LogP contribution is 2.33. The van der Waals surface area contributed by atoms with Crippen LogP contribution in [0.4, 0.5) is 0 Å². The molecular formula is C25H21N4+. The van der Waals surface area contributed by atoms with Crippen molar-refractivity contribution >= 4 is 32.3 Å². The van der Waals surface area contributed by atoms with Crippen molar-refractivity contribution in [2.24, 2.45) is 0 Å². The Labute approximate surface area is 170 Å². The van der Waals surface area contributed by atoms with Crippen LogP contribution in [-0.2, 0) is 0 Å². The van der Waals surface area contributed by atoms with E-state index in [9.17, 15) is 0 Å². The normalized spacial score (nSPS) is 9.45. The minimum atomic E-state index is 0.522. The average Bonchev–Trinajstić information content (AvgIpc) is 2.74. The molecule has 4 nitrogen and oxygen atoms in total. The maximum absolute atomic E-state index is 5.50. The van der Waals surface area contributed by atoms with Gasteiger partial charge in [0.2, 0.25) is 4.91 Å². The van der Waals surface area contributed by atoms with Gasteiger partial charge in [-0.05, 0) is 32.3 Å². The molecule has 2 N–H and O–H groups in total. The Morgan fingerprint density at radius 3 is 1.14 bits per heavy atom. The molecule has 0 aliphatic heterocycles. The van der Waals surface area contributed by atoms with Crippen molar-refractivity contribution < 1.29 is 0 Å². The summed E-state index contributed by atoms with van der Waals surface area (Å²) in [6.07, 6.45) is 15.2. The van der Waals surface area contributed by atoms with E-state index in [0.717, 1.165) is 0 Å². The summed E-state index contributed by atoms with van der Waals surface area (Å²) < 4.78 is 0. The molecule has 4 rings (SSSR count). The summed E-state index contributed by atoms with van der Waals surface area (Å²) in [5.41, 5.74) is 11.0. The standard InChI is InChI=1S/C16H10.C9H9N.H2N3/c1-3-11-7-9-13-5-2-6-14-10-8-12(4-1)15(11)16(13)14;1-4-7-10(8-5-2)9-6-3;1-3-2/h1-10H;1-3H,7-9H2;1-2H/q;;+1. The van der Waals surface area contributed by atoms with Gasteiger partial charge >= 0.3 is 0 Å². The number of nitrogens with zero attached hydrogens (tertiary/aromatic N) is 2. The minimum absolute atomic E-state index is 0.522. The lowest BCUT2D eigenvalue weighted by Gasteiger charge is -2.11. The van der Waals surface area contributed by atoms with Crippen LogP contribution in [0.25, 0.3) is 32.3 Å². The van der Waals surface area contributed by atoms with E-state index >= 15 is 0 Å². The summed E-state index contributed by atoms with van der Waals surface area (Å²) in [6.45, 7) is 1.57. The average molecular weight is 377 g/mol. The van der Waals surface area contributed by atoms with Gasteiger partial charge in [-0.15, -0.1) is 19.3 Å². The molecule has 0 unspecified atom stereocenters. The van der Waals surface area contributed by atoms with Gasteiger partial charge in [-0.2, -0.15) is 0 Å². The first kappa shape index (κ1) is 21.2. The zero-order chi connectivity index (χ0) is 21.1. The van der Waals surface area contributed by atoms with E-state index in [0.29, 0.717) is 19.6 Å². The first-order chi connectivity index (χ1) is 14.2. The Hall–Kier alpha value is -4.13. The van der Waals surface area contributed by atoms with Crippen LogP contribution in [0.3, 0.4) is 0 Å². The number of nitrogens with one attached hydrogen (secondary N) is 2. The summed E-state index contributed by atoms with van der Waals surface area (Å²) in [5.74, 6) is 7.42. The van der Waals surface area contributed by atoms with Gasteiger partial charge in [-0.3, -0.25) is 4.90 Å². The van der Waals surface area contributed by atoms with Crippen LogP contribution in [0, 0.1) is 48.1 Å². The van der Waals surface area contributed by atoms with E-state index in [2.05, 4.69) is 78.4 Å². The van der Waals surface area contributed by atoms with Gasteiger partial charge in [0.1, 0.15) is 11.1 Å². The largest absolute Gasteiger partial charge is 0.270 e. The zero-order valence-electron chi connectivity index (χ0n) is 16.0. The highest BCUT2D eigenvalue weighted by atomic mass is 15.1. The van der Waals surface area contributed by atoms with Crippen LogP contribution in [0.5, 0.6) is 0 Å². The van der Waals surface area contributed by atoms with E-state index in [1.54, 1.807) is 0 Å². The molecule has 0 bridgehead atoms. The minimum Gasteiger partial charge on any atom is -0.270 e. The fourth-order valence-electron chi connectivity index (χ4n) is 3.22. The Balaban J connectivity index is 0.000000201. The van der Waals surface area contributed by atoms with Gasteiger partial charge in [0.05, 0.1) is 19.6 Å². The Kier molecular flexibility index (Phi) is 7.95. The Morgan fingerprint density at radius 2 is 0.897 bits per heavy atom. The SMILES string of the molecule is C#CCN(CC#C)CC#C.N=[N+]=N.c1cc2ccc3cccc4ccc(c1)c2c34. The molecule has 0 aliphatic rings. The highest BCUT2D eigenvalue weighted by molar-refractivity contribution is 6.22. The molecule has 0 fully saturated rings. The number of terminal acetylenes is 3. The van der Waals surface area contributed by atoms with Crippen molar-refractivity contribution in [3.63, 3.8) is 0 Å². The maximum Gasteiger partial charge on any atom is 0.211 e. The molecule has 0 radical (unpaired) electrons. The van der Waals surface area contributed by atoms with E-state index in [1.165, 1.54) is 32.3 Å². The summed E-state index contributed by atoms with van der Waals surface area (Å²) in [6, 6.07) is 21.9. The smallest absolute Gasteiger partial charge is 0.211 e. The monoisotopic (exact) mass is 377 g/mol. The summed E-state index contributed by atoms with van der Waals surface area (Å²) >= 11 is 0. The van der Waals surface area contributed by atoms with E-state index in [-0.39, 0.29) is 0 Å². The molecule has 0 aromatic heterocycles. The predicted molar refractivity (Wildman–Crippen MR) is 121 cm³/mol. The summed E-state index contributed by atoms with van der Waals surface area (Å²) in [4.78, 5) is 3.83. The van der Waals surface area contributed by atoms with Gasteiger partial charge in [-0.1, -0.05) is 78.4 Å². The maximum atomic E-state index is 5.50. The number of hydrogen-bond acceptors (Lipinski definition) is 3. The van der Waals surface area contributed by atoms with E-state index in [1.807, 2.05) is 9.81 Å². The number of hydrogen-bond donors (Lipinski definition) is 2. The predicted octanol–water partition coefficient (Wildman–Crippen LogP) is 4.89. The van der Waals surface area contributed by atoms with Gasteiger partial charge in [-0.25, -0.2) is 0 Å². The molecule has 0 saturated heterocycles. The van der Waals surface area contributed by atoms with Crippen molar-refractivity contribution in [2.75, 3.05) is 19.6 Å². The van der Waals surface area contributed by atoms with Crippen molar-refractivity contribution in [1.82, 2.24) is 9.81 Å². The molecule has 140 valence electrons. The first-order valence-corrected chi connectivity index (χ1v) is 8.88. The van der Waals surface area contributed by atoms with Crippen LogP contribution < -0.4 is 4.91 Å². The van der Waals surface area contributed by atoms with Crippen LogP contribution in [0.2, 0.25) is 0 Å². The van der Waals surface area contributed by atoms with Gasteiger partial charge in [0.25, 0.3) is 0 Å². The molecule has 0 saturated carbocycles. The van der Waals surface area contributed by atoms with Crippen LogP contribution >= 0.6 is 0 Å². The fourth-order valence-corrected chi connectivity index (χ4v) is 3.22. The van der Waals surface area contributed by atoms with E-state index in [4.69, 9.17) is 30.3 Å². The first-order valence-electron chi connectivity index (χ1n) is 8.88. The van der Waals surface area contributed by atoms with Gasteiger partial charge < -0.3 is 0 Å². The van der Waals surface area contributed by atoms with Gasteiger partial charge in [0.15, 0.2) is 0 Å². The molecule has 0 atom stereocenters. The second-order valence-electron chi connectivity index (χ2n) is 6.16. The van der Waals surface area contributed by atoms with E-state index < -0.39 is 0 Å². The lowest BCUT2D eigenvalue weighted by atomic mass is 9.95. The third-order valence-electron chi connectivity index (χ3n) is 4.34. The Bertz CT molecular complexity index is 1080. The summed E-state index contributed by atoms with van der Waals surface area (Å²) in [7, 11) is 0. The molecule has 4 heteroatoms. The van der Waals surface area contributed by atoms with Crippen LogP contribution in [-0.4, -0.2) is 24.5 Å². The molecule has 4 aromatic rings. The van der Waals surface area contributed by atoms with Crippen LogP contribution in [0.15, 0.2) is 60.7 Å². The fraction of sp³-hybridized carbons (Fsp3) is 0.120. The molecular weight excluding hydrogens is 356 g/mol. The second-order valence-corrected chi connectivity index (χ2v) is 6.16. The molecule has 0 aliphatic carbocycles. The summed E-state index contributed by atoms with van der Waals surface area (Å²) in [5, 5.41) is 8.14. The van der Waals surface area contributed by atoms with Gasteiger partial charge in [0, 0.05) is 0 Å². The third-order valence-corrected chi connectivity index (χ3v) is 4.34. The van der Waals surface area contributed by atoms with Crippen molar-refractivity contribution in [2.45, 2.75) is 0 Å². The van der Waals surface area contributed by atoms with Crippen molar-refractivity contribution in [1.29, 1.82) is 11.1 Å². The topological polar surface area (TPSA) is 65.0 Å². The molecule has 29 heavy (non-hydrogen) atoms. The van der Waals surface area contributed by atoms with Crippen LogP contribution in [0.1, 0.15) is 0 Å². The molecule has 0 spiro atoms. The second kappa shape index (κ2) is 10.9. The lowest BCUT2D eigenvalue weighted by molar-refractivity contribution is 0.390. The quantitative estimate of drug-likeness (QED) is 0.227. The molecule has 4 aromatic carbocycles. The van der Waals surface area contributed by atoms with Crippen molar-refractivity contribution in [3.8, 4) is 37.0 Å². The zero-order valence-corrected chi connectivity index (χ0v) is 16.0. The molecule has 0 amide bonds. The lowest BCUT2D eigenvalue weighted by Crippen LogP contribution is -2.24. The Morgan fingerprint density at radius 1 is 0.621 bits per heavy atom. The number of benzene rings is 4.